The lowest BCUT2D eigenvalue weighted by molar-refractivity contribution is -0.136. The van der Waals surface area contributed by atoms with Crippen LogP contribution in [0.25, 0.3) is 10.8 Å². The van der Waals surface area contributed by atoms with E-state index in [2.05, 4.69) is 0 Å². The van der Waals surface area contributed by atoms with Gasteiger partial charge >= 0.3 is 11.2 Å². The summed E-state index contributed by atoms with van der Waals surface area (Å²) in [5.41, 5.74) is 1.47. The van der Waals surface area contributed by atoms with Crippen LogP contribution in [0.15, 0.2) is 36.4 Å². The average Bonchev–Trinajstić information content (AvgIpc) is 3.35. The van der Waals surface area contributed by atoms with Gasteiger partial charge in [-0.15, -0.1) is 0 Å². The van der Waals surface area contributed by atoms with Gasteiger partial charge in [-0.25, -0.2) is 8.42 Å². The van der Waals surface area contributed by atoms with Gasteiger partial charge in [-0.05, 0) is 21.9 Å². The third kappa shape index (κ3) is 2.97. The number of nitrogens with one attached hydrogen (secondary N) is 1. The van der Waals surface area contributed by atoms with Gasteiger partial charge in [-0.2, -0.15) is 8.78 Å². The molecule has 1 heterocycles. The number of fused-ring (bicyclic) bond motifs is 1. The Labute approximate surface area is 136 Å². The molecular formula is C15H12F2NO5S-. The first-order valence-electron chi connectivity index (χ1n) is 6.95. The zero-order valence-corrected chi connectivity index (χ0v) is 13.0. The van der Waals surface area contributed by atoms with Gasteiger partial charge in [-0.3, -0.25) is 4.79 Å². The van der Waals surface area contributed by atoms with Crippen LogP contribution in [0.2, 0.25) is 0 Å². The first-order valence-corrected chi connectivity index (χ1v) is 8.36. The lowest BCUT2D eigenvalue weighted by Gasteiger charge is -2.19. The molecule has 0 aromatic heterocycles. The van der Waals surface area contributed by atoms with Crippen molar-refractivity contribution in [2.45, 2.75) is 17.9 Å². The Kier molecular flexibility index (Phi) is 4.02. The highest BCUT2D eigenvalue weighted by Crippen LogP contribution is 2.36. The fourth-order valence-electron chi connectivity index (χ4n) is 2.44. The van der Waals surface area contributed by atoms with Crippen LogP contribution in [0.4, 0.5) is 8.78 Å². The molecule has 0 aliphatic carbocycles. The summed E-state index contributed by atoms with van der Waals surface area (Å²) in [6.07, 6.45) is -0.00604. The Bertz CT molecular complexity index is 909. The van der Waals surface area contributed by atoms with Gasteiger partial charge in [0.1, 0.15) is 6.10 Å². The highest BCUT2D eigenvalue weighted by atomic mass is 32.2. The van der Waals surface area contributed by atoms with Crippen LogP contribution in [0, 0.1) is 0 Å². The van der Waals surface area contributed by atoms with Crippen molar-refractivity contribution >= 4 is 26.8 Å². The zero-order valence-electron chi connectivity index (χ0n) is 12.2. The van der Waals surface area contributed by atoms with Gasteiger partial charge in [0.15, 0.2) is 10.1 Å². The van der Waals surface area contributed by atoms with Crippen LogP contribution >= 0.6 is 0 Å². The molecule has 0 radical (unpaired) electrons. The summed E-state index contributed by atoms with van der Waals surface area (Å²) in [6.45, 7) is 0.268. The van der Waals surface area contributed by atoms with Crippen molar-refractivity contribution in [1.82, 2.24) is 5.32 Å². The molecule has 0 spiro atoms. The molecule has 1 aliphatic heterocycles. The second-order valence-electron chi connectivity index (χ2n) is 5.34. The van der Waals surface area contributed by atoms with E-state index in [0.717, 1.165) is 16.3 Å². The van der Waals surface area contributed by atoms with Gasteiger partial charge in [0.05, 0.1) is 6.61 Å². The van der Waals surface area contributed by atoms with Crippen molar-refractivity contribution in [3.63, 3.8) is 0 Å². The Morgan fingerprint density at radius 1 is 1.25 bits per heavy atom. The SMILES string of the molecule is O=C(NCc1ccc(C2CO2)c2ccccc12)C(F)(F)S(=O)(=O)[O-]. The molecule has 128 valence electrons. The largest absolute Gasteiger partial charge is 0.743 e. The normalized spacial score (nSPS) is 17.7. The molecule has 1 N–H and O–H groups in total. The van der Waals surface area contributed by atoms with E-state index in [9.17, 15) is 26.5 Å². The number of rotatable bonds is 5. The molecule has 1 amide bonds. The highest BCUT2D eigenvalue weighted by molar-refractivity contribution is 7.87. The molecule has 1 unspecified atom stereocenters. The first-order chi connectivity index (χ1) is 11.2. The number of hydrogen-bond acceptors (Lipinski definition) is 5. The minimum absolute atomic E-state index is 0.00604. The smallest absolute Gasteiger partial charge is 0.410 e. The second kappa shape index (κ2) is 5.76. The van der Waals surface area contributed by atoms with E-state index in [1.165, 1.54) is 0 Å². The molecule has 0 bridgehead atoms. The molecule has 9 heteroatoms. The topological polar surface area (TPSA) is 98.8 Å². The molecule has 1 fully saturated rings. The summed E-state index contributed by atoms with van der Waals surface area (Å²) < 4.78 is 63.0. The first kappa shape index (κ1) is 16.7. The Morgan fingerprint density at radius 2 is 1.88 bits per heavy atom. The minimum atomic E-state index is -6.07. The monoisotopic (exact) mass is 356 g/mol. The summed E-state index contributed by atoms with van der Waals surface area (Å²) in [6, 6.07) is 10.6. The van der Waals surface area contributed by atoms with Crippen LogP contribution in [0.1, 0.15) is 17.2 Å². The Hall–Kier alpha value is -2.10. The predicted molar refractivity (Wildman–Crippen MR) is 79.1 cm³/mol. The molecule has 1 atom stereocenters. The number of carbonyl (C=O) groups is 1. The molecule has 0 saturated carbocycles. The molecular weight excluding hydrogens is 344 g/mol. The quantitative estimate of drug-likeness (QED) is 0.649. The number of benzene rings is 2. The number of alkyl halides is 2. The number of ether oxygens (including phenoxy) is 1. The standard InChI is InChI=1S/C15H13F2NO5S/c16-15(17,24(20,21)22)14(19)18-7-9-5-6-12(13-8-23-13)11-4-2-1-3-10(9)11/h1-6,13H,7-8H2,(H,18,19)(H,20,21,22)/p-1. The van der Waals surface area contributed by atoms with Crippen molar-refractivity contribution in [3.8, 4) is 0 Å². The summed E-state index contributed by atoms with van der Waals surface area (Å²) in [4.78, 5) is 11.3. The van der Waals surface area contributed by atoms with Crippen molar-refractivity contribution in [2.75, 3.05) is 6.61 Å². The maximum Gasteiger partial charge on any atom is 0.410 e. The van der Waals surface area contributed by atoms with Gasteiger partial charge in [0, 0.05) is 6.54 Å². The summed E-state index contributed by atoms with van der Waals surface area (Å²) in [5.74, 6) is -2.14. The van der Waals surface area contributed by atoms with E-state index in [1.54, 1.807) is 29.6 Å². The minimum Gasteiger partial charge on any atom is -0.743 e. The van der Waals surface area contributed by atoms with Crippen molar-refractivity contribution in [1.29, 1.82) is 0 Å². The number of halogens is 2. The van der Waals surface area contributed by atoms with Gasteiger partial charge in [-0.1, -0.05) is 36.4 Å². The van der Waals surface area contributed by atoms with E-state index in [-0.39, 0.29) is 12.6 Å². The molecule has 3 rings (SSSR count). The van der Waals surface area contributed by atoms with E-state index < -0.39 is 21.3 Å². The Balaban J connectivity index is 1.86. The van der Waals surface area contributed by atoms with Crippen LogP contribution in [-0.4, -0.2) is 30.7 Å². The molecule has 24 heavy (non-hydrogen) atoms. The average molecular weight is 356 g/mol. The number of epoxide rings is 1. The maximum atomic E-state index is 13.2. The van der Waals surface area contributed by atoms with Crippen LogP contribution in [0.3, 0.4) is 0 Å². The maximum absolute atomic E-state index is 13.2. The summed E-state index contributed by atoms with van der Waals surface area (Å²) in [7, 11) is -6.07. The summed E-state index contributed by atoms with van der Waals surface area (Å²) >= 11 is 0. The van der Waals surface area contributed by atoms with Crippen LogP contribution in [0.5, 0.6) is 0 Å². The summed E-state index contributed by atoms with van der Waals surface area (Å²) in [5, 5.41) is -1.63. The van der Waals surface area contributed by atoms with Crippen LogP contribution < -0.4 is 5.32 Å². The molecule has 6 nitrogen and oxygen atoms in total. The van der Waals surface area contributed by atoms with Gasteiger partial charge in [0.25, 0.3) is 0 Å². The van der Waals surface area contributed by atoms with Crippen molar-refractivity contribution in [2.24, 2.45) is 0 Å². The lowest BCUT2D eigenvalue weighted by atomic mass is 9.98. The molecule has 1 aliphatic rings. The predicted octanol–water partition coefficient (Wildman–Crippen LogP) is 1.67. The van der Waals surface area contributed by atoms with Gasteiger partial charge in [0.2, 0.25) is 0 Å². The Morgan fingerprint density at radius 3 is 2.46 bits per heavy atom. The number of hydrogen-bond donors (Lipinski definition) is 1. The number of amides is 1. The molecule has 1 saturated heterocycles. The highest BCUT2D eigenvalue weighted by Gasteiger charge is 2.46. The van der Waals surface area contributed by atoms with E-state index in [0.29, 0.717) is 12.2 Å². The zero-order chi connectivity index (χ0) is 17.5. The number of carbonyl (C=O) groups excluding carboxylic acids is 1. The van der Waals surface area contributed by atoms with Gasteiger partial charge < -0.3 is 14.6 Å². The third-order valence-electron chi connectivity index (χ3n) is 3.75. The lowest BCUT2D eigenvalue weighted by Crippen LogP contribution is -2.45. The van der Waals surface area contributed by atoms with E-state index in [4.69, 9.17) is 4.74 Å². The van der Waals surface area contributed by atoms with Crippen molar-refractivity contribution < 1.29 is 31.3 Å². The third-order valence-corrected chi connectivity index (χ3v) is 4.56. The molecule has 2 aromatic rings. The van der Waals surface area contributed by atoms with Crippen LogP contribution in [-0.2, 0) is 26.2 Å². The van der Waals surface area contributed by atoms with E-state index >= 15 is 0 Å². The fraction of sp³-hybridized carbons (Fsp3) is 0.267. The molecule has 2 aromatic carbocycles. The van der Waals surface area contributed by atoms with E-state index in [1.807, 2.05) is 12.1 Å². The fourth-order valence-corrected chi connectivity index (χ4v) is 2.74. The van der Waals surface area contributed by atoms with Crippen molar-refractivity contribution in [3.05, 3.63) is 47.5 Å². The second-order valence-corrected chi connectivity index (χ2v) is 6.76.